The Labute approximate surface area is 138 Å². The van der Waals surface area contributed by atoms with Gasteiger partial charge in [-0.1, -0.05) is 0 Å². The van der Waals surface area contributed by atoms with Crippen LogP contribution in [-0.2, 0) is 10.1 Å². The number of rotatable bonds is 6. The van der Waals surface area contributed by atoms with E-state index < -0.39 is 21.9 Å². The number of halogens is 1. The maximum absolute atomic E-state index is 13.6. The monoisotopic (exact) mass is 354 g/mol. The predicted molar refractivity (Wildman–Crippen MR) is 84.6 cm³/mol. The zero-order valence-electron chi connectivity index (χ0n) is 13.2. The SMILES string of the molecule is COc1ccc(S(=O)(=O)Oc2ncc(F)c(N=CN(C)C)n2)cc1. The van der Waals surface area contributed by atoms with Gasteiger partial charge < -0.3 is 13.8 Å². The lowest BCUT2D eigenvalue weighted by molar-refractivity contribution is 0.414. The van der Waals surface area contributed by atoms with Crippen LogP contribution in [0.2, 0.25) is 0 Å². The standard InChI is InChI=1S/C14H15FN4O4S/c1-19(2)9-17-13-12(15)8-16-14(18-13)23-24(20,21)11-6-4-10(22-3)5-7-11/h4-9H,1-3H3. The van der Waals surface area contributed by atoms with E-state index in [9.17, 15) is 12.8 Å². The lowest BCUT2D eigenvalue weighted by Crippen LogP contribution is -2.12. The molecule has 8 nitrogen and oxygen atoms in total. The van der Waals surface area contributed by atoms with Gasteiger partial charge in [-0.15, -0.1) is 0 Å². The van der Waals surface area contributed by atoms with Crippen molar-refractivity contribution >= 4 is 22.3 Å². The molecule has 24 heavy (non-hydrogen) atoms. The number of ether oxygens (including phenoxy) is 1. The molecule has 0 saturated carbocycles. The highest BCUT2D eigenvalue weighted by molar-refractivity contribution is 7.87. The number of aliphatic imine (C=N–C) groups is 1. The molecule has 0 spiro atoms. The summed E-state index contributed by atoms with van der Waals surface area (Å²) in [7, 11) is 0.673. The van der Waals surface area contributed by atoms with Crippen molar-refractivity contribution in [3.63, 3.8) is 0 Å². The number of benzene rings is 1. The molecule has 0 aliphatic carbocycles. The third-order valence-corrected chi connectivity index (χ3v) is 3.86. The summed E-state index contributed by atoms with van der Waals surface area (Å²) < 4.78 is 47.7. The molecule has 0 bridgehead atoms. The highest BCUT2D eigenvalue weighted by Gasteiger charge is 2.19. The summed E-state index contributed by atoms with van der Waals surface area (Å²) in [4.78, 5) is 12.4. The molecule has 0 fully saturated rings. The number of hydrogen-bond acceptors (Lipinski definition) is 7. The zero-order chi connectivity index (χ0) is 17.7. The van der Waals surface area contributed by atoms with E-state index in [1.54, 1.807) is 19.0 Å². The minimum atomic E-state index is -4.16. The first-order valence-electron chi connectivity index (χ1n) is 6.63. The van der Waals surface area contributed by atoms with Crippen LogP contribution in [0.5, 0.6) is 11.8 Å². The normalized spacial score (nSPS) is 11.5. The molecule has 0 N–H and O–H groups in total. The molecule has 2 aromatic rings. The number of methoxy groups -OCH3 is 1. The average Bonchev–Trinajstić information content (AvgIpc) is 2.55. The maximum atomic E-state index is 13.6. The van der Waals surface area contributed by atoms with Gasteiger partial charge in [-0.2, -0.15) is 18.4 Å². The summed E-state index contributed by atoms with van der Waals surface area (Å²) in [6.07, 6.45) is 2.10. The van der Waals surface area contributed by atoms with Gasteiger partial charge in [0.15, 0.2) is 11.6 Å². The Morgan fingerprint density at radius 3 is 2.50 bits per heavy atom. The van der Waals surface area contributed by atoms with Crippen LogP contribution in [-0.4, -0.2) is 50.8 Å². The molecule has 0 unspecified atom stereocenters. The van der Waals surface area contributed by atoms with Gasteiger partial charge in [0.2, 0.25) is 0 Å². The Hall–Kier alpha value is -2.75. The predicted octanol–water partition coefficient (Wildman–Crippen LogP) is 1.61. The van der Waals surface area contributed by atoms with Crippen molar-refractivity contribution < 1.29 is 21.7 Å². The third-order valence-electron chi connectivity index (χ3n) is 2.65. The fourth-order valence-electron chi connectivity index (χ4n) is 1.53. The first kappa shape index (κ1) is 17.6. The minimum absolute atomic E-state index is 0.116. The summed E-state index contributed by atoms with van der Waals surface area (Å²) in [6.45, 7) is 0. The van der Waals surface area contributed by atoms with Crippen LogP contribution in [0.4, 0.5) is 10.2 Å². The Morgan fingerprint density at radius 2 is 1.92 bits per heavy atom. The maximum Gasteiger partial charge on any atom is 0.341 e. The fraction of sp³-hybridized carbons (Fsp3) is 0.214. The molecular weight excluding hydrogens is 339 g/mol. The van der Waals surface area contributed by atoms with E-state index in [1.807, 2.05) is 0 Å². The van der Waals surface area contributed by atoms with E-state index >= 15 is 0 Å². The van der Waals surface area contributed by atoms with Gasteiger partial charge in [-0.05, 0) is 24.3 Å². The topological polar surface area (TPSA) is 94.0 Å². The molecule has 2 rings (SSSR count). The van der Waals surface area contributed by atoms with Crippen LogP contribution in [0.1, 0.15) is 0 Å². The second kappa shape index (κ2) is 7.21. The Bertz CT molecular complexity index is 838. The Morgan fingerprint density at radius 1 is 1.25 bits per heavy atom. The van der Waals surface area contributed by atoms with Gasteiger partial charge in [0.1, 0.15) is 10.6 Å². The van der Waals surface area contributed by atoms with Gasteiger partial charge >= 0.3 is 16.1 Å². The molecule has 0 aliphatic rings. The van der Waals surface area contributed by atoms with Crippen molar-refractivity contribution in [1.82, 2.24) is 14.9 Å². The number of aromatic nitrogens is 2. The molecule has 1 aromatic heterocycles. The van der Waals surface area contributed by atoms with Crippen molar-refractivity contribution in [2.75, 3.05) is 21.2 Å². The Balaban J connectivity index is 2.27. The molecule has 10 heteroatoms. The molecule has 0 amide bonds. The van der Waals surface area contributed by atoms with Crippen molar-refractivity contribution in [2.45, 2.75) is 4.90 Å². The van der Waals surface area contributed by atoms with E-state index in [0.717, 1.165) is 6.20 Å². The van der Waals surface area contributed by atoms with E-state index in [4.69, 9.17) is 8.92 Å². The molecule has 128 valence electrons. The summed E-state index contributed by atoms with van der Waals surface area (Å²) >= 11 is 0. The summed E-state index contributed by atoms with van der Waals surface area (Å²) in [5.74, 6) is -0.645. The quantitative estimate of drug-likeness (QED) is 0.442. The molecular formula is C14H15FN4O4S. The molecule has 0 radical (unpaired) electrons. The van der Waals surface area contributed by atoms with Crippen LogP contribution >= 0.6 is 0 Å². The van der Waals surface area contributed by atoms with Crippen LogP contribution in [0.3, 0.4) is 0 Å². The van der Waals surface area contributed by atoms with Crippen LogP contribution < -0.4 is 8.92 Å². The second-order valence-corrected chi connectivity index (χ2v) is 6.29. The fourth-order valence-corrected chi connectivity index (χ4v) is 2.37. The smallest absolute Gasteiger partial charge is 0.341 e. The molecule has 1 aromatic carbocycles. The highest BCUT2D eigenvalue weighted by atomic mass is 32.2. The zero-order valence-corrected chi connectivity index (χ0v) is 14.0. The summed E-state index contributed by atoms with van der Waals surface area (Å²) in [5.41, 5.74) is 0. The summed E-state index contributed by atoms with van der Waals surface area (Å²) in [6, 6.07) is 5.02. The summed E-state index contributed by atoms with van der Waals surface area (Å²) in [5, 5.41) is 0. The number of nitrogens with zero attached hydrogens (tertiary/aromatic N) is 4. The van der Waals surface area contributed by atoms with Gasteiger partial charge in [0, 0.05) is 14.1 Å². The number of hydrogen-bond donors (Lipinski definition) is 0. The van der Waals surface area contributed by atoms with E-state index in [-0.39, 0.29) is 10.7 Å². The van der Waals surface area contributed by atoms with Crippen molar-refractivity contribution in [2.24, 2.45) is 4.99 Å². The van der Waals surface area contributed by atoms with Crippen LogP contribution in [0.25, 0.3) is 0 Å². The third kappa shape index (κ3) is 4.38. The van der Waals surface area contributed by atoms with Crippen LogP contribution in [0, 0.1) is 5.82 Å². The first-order chi connectivity index (χ1) is 11.3. The van der Waals surface area contributed by atoms with E-state index in [0.29, 0.717) is 5.75 Å². The van der Waals surface area contributed by atoms with Gasteiger partial charge in [0.25, 0.3) is 0 Å². The van der Waals surface area contributed by atoms with Crippen molar-refractivity contribution in [1.29, 1.82) is 0 Å². The van der Waals surface area contributed by atoms with Crippen molar-refractivity contribution in [3.05, 3.63) is 36.3 Å². The van der Waals surface area contributed by atoms with E-state index in [2.05, 4.69) is 15.0 Å². The largest absolute Gasteiger partial charge is 0.497 e. The van der Waals surface area contributed by atoms with Gasteiger partial charge in [-0.3, -0.25) is 0 Å². The van der Waals surface area contributed by atoms with Crippen LogP contribution in [0.15, 0.2) is 40.4 Å². The molecule has 0 saturated heterocycles. The lowest BCUT2D eigenvalue weighted by atomic mass is 10.3. The lowest BCUT2D eigenvalue weighted by Gasteiger charge is -2.07. The van der Waals surface area contributed by atoms with Gasteiger partial charge in [0.05, 0.1) is 19.6 Å². The highest BCUT2D eigenvalue weighted by Crippen LogP contribution is 2.21. The minimum Gasteiger partial charge on any atom is -0.497 e. The Kier molecular flexibility index (Phi) is 5.29. The molecule has 0 atom stereocenters. The van der Waals surface area contributed by atoms with Crippen molar-refractivity contribution in [3.8, 4) is 11.8 Å². The second-order valence-electron chi connectivity index (χ2n) is 4.75. The average molecular weight is 354 g/mol. The van der Waals surface area contributed by atoms with Gasteiger partial charge in [-0.25, -0.2) is 9.38 Å². The first-order valence-corrected chi connectivity index (χ1v) is 8.04. The van der Waals surface area contributed by atoms with E-state index in [1.165, 1.54) is 37.7 Å². The molecule has 0 aliphatic heterocycles. The molecule has 1 heterocycles.